The number of piperidine rings is 1. The number of carbonyl (C=O) groups is 1. The number of phenolic OH excluding ortho intramolecular Hbond substituents is 1. The molecule has 0 unspecified atom stereocenters. The van der Waals surface area contributed by atoms with E-state index in [1.807, 2.05) is 41.3 Å². The van der Waals surface area contributed by atoms with Crippen molar-refractivity contribution in [1.29, 1.82) is 0 Å². The minimum Gasteiger partial charge on any atom is -0.508 e. The van der Waals surface area contributed by atoms with Gasteiger partial charge in [-0.15, -0.1) is 10.2 Å². The van der Waals surface area contributed by atoms with Crippen LogP contribution in [0.4, 0.5) is 0 Å². The lowest BCUT2D eigenvalue weighted by atomic mass is 9.94. The number of amides is 1. The van der Waals surface area contributed by atoms with Gasteiger partial charge in [-0.2, -0.15) is 5.21 Å². The van der Waals surface area contributed by atoms with Gasteiger partial charge in [-0.25, -0.2) is 0 Å². The third-order valence-corrected chi connectivity index (χ3v) is 5.31. The Bertz CT molecular complexity index is 941. The van der Waals surface area contributed by atoms with Crippen molar-refractivity contribution in [2.24, 2.45) is 0 Å². The summed E-state index contributed by atoms with van der Waals surface area (Å²) in [6.07, 6.45) is 4.84. The van der Waals surface area contributed by atoms with E-state index in [1.54, 1.807) is 12.1 Å². The predicted molar refractivity (Wildman–Crippen MR) is 105 cm³/mol. The van der Waals surface area contributed by atoms with E-state index in [2.05, 4.69) is 20.6 Å². The second kappa shape index (κ2) is 8.21. The summed E-state index contributed by atoms with van der Waals surface area (Å²) >= 11 is 0. The number of aryl methyl sites for hydroxylation is 1. The number of nitrogens with zero attached hydrogens (tertiary/aromatic N) is 4. The second-order valence-electron chi connectivity index (χ2n) is 7.14. The molecular weight excluding hydrogens is 354 g/mol. The smallest absolute Gasteiger partial charge is 0.254 e. The number of benzene rings is 2. The number of tetrazole rings is 1. The molecule has 1 aliphatic rings. The van der Waals surface area contributed by atoms with Crippen LogP contribution in [-0.4, -0.2) is 49.1 Å². The van der Waals surface area contributed by atoms with Gasteiger partial charge < -0.3 is 10.0 Å². The van der Waals surface area contributed by atoms with Gasteiger partial charge in [0.25, 0.3) is 5.91 Å². The molecule has 2 heterocycles. The van der Waals surface area contributed by atoms with Crippen molar-refractivity contribution in [2.75, 3.05) is 6.54 Å². The average Bonchev–Trinajstić information content (AvgIpc) is 3.27. The molecule has 4 rings (SSSR count). The van der Waals surface area contributed by atoms with E-state index >= 15 is 0 Å². The third kappa shape index (κ3) is 3.88. The summed E-state index contributed by atoms with van der Waals surface area (Å²) < 4.78 is 0. The van der Waals surface area contributed by atoms with Gasteiger partial charge in [0.1, 0.15) is 5.75 Å². The number of H-pyrrole nitrogens is 1. The van der Waals surface area contributed by atoms with E-state index in [-0.39, 0.29) is 17.7 Å². The molecule has 7 nitrogen and oxygen atoms in total. The maximum atomic E-state index is 13.4. The van der Waals surface area contributed by atoms with E-state index in [9.17, 15) is 9.90 Å². The van der Waals surface area contributed by atoms with E-state index < -0.39 is 0 Å². The second-order valence-corrected chi connectivity index (χ2v) is 7.14. The Morgan fingerprint density at radius 2 is 2.07 bits per heavy atom. The minimum atomic E-state index is 0.0148. The molecule has 0 aliphatic carbocycles. The number of likely N-dealkylation sites (tertiary alicyclic amines) is 1. The summed E-state index contributed by atoms with van der Waals surface area (Å²) in [6, 6.07) is 14.9. The molecule has 28 heavy (non-hydrogen) atoms. The van der Waals surface area contributed by atoms with Crippen molar-refractivity contribution in [3.05, 3.63) is 59.7 Å². The summed E-state index contributed by atoms with van der Waals surface area (Å²) in [5, 5.41) is 23.8. The van der Waals surface area contributed by atoms with Gasteiger partial charge in [0.2, 0.25) is 5.82 Å². The number of rotatable bonds is 5. The number of hydrogen-bond donors (Lipinski definition) is 2. The van der Waals surface area contributed by atoms with Crippen LogP contribution in [0.2, 0.25) is 0 Å². The van der Waals surface area contributed by atoms with E-state index in [1.165, 1.54) is 0 Å². The fourth-order valence-electron chi connectivity index (χ4n) is 3.91. The highest BCUT2D eigenvalue weighted by molar-refractivity contribution is 6.00. The molecule has 1 atom stereocenters. The Kier molecular flexibility index (Phi) is 5.32. The van der Waals surface area contributed by atoms with Crippen LogP contribution in [0, 0.1) is 0 Å². The highest BCUT2D eigenvalue weighted by Gasteiger charge is 2.29. The molecule has 0 bridgehead atoms. The lowest BCUT2D eigenvalue weighted by Crippen LogP contribution is -2.44. The predicted octanol–water partition coefficient (Wildman–Crippen LogP) is 3.20. The lowest BCUT2D eigenvalue weighted by molar-refractivity contribution is 0.0602. The van der Waals surface area contributed by atoms with E-state index in [0.717, 1.165) is 44.2 Å². The van der Waals surface area contributed by atoms with E-state index in [0.29, 0.717) is 17.0 Å². The maximum absolute atomic E-state index is 13.4. The molecule has 1 saturated heterocycles. The first-order chi connectivity index (χ1) is 13.7. The van der Waals surface area contributed by atoms with Gasteiger partial charge in [-0.3, -0.25) is 4.79 Å². The molecule has 1 amide bonds. The van der Waals surface area contributed by atoms with Crippen LogP contribution in [0.25, 0.3) is 11.4 Å². The summed E-state index contributed by atoms with van der Waals surface area (Å²) in [6.45, 7) is 0.754. The quantitative estimate of drug-likeness (QED) is 0.712. The largest absolute Gasteiger partial charge is 0.508 e. The zero-order valence-corrected chi connectivity index (χ0v) is 15.6. The third-order valence-electron chi connectivity index (χ3n) is 5.31. The number of aromatic nitrogens is 4. The Morgan fingerprint density at radius 1 is 1.18 bits per heavy atom. The lowest BCUT2D eigenvalue weighted by Gasteiger charge is -2.36. The first-order valence-corrected chi connectivity index (χ1v) is 9.64. The average molecular weight is 377 g/mol. The molecule has 7 heteroatoms. The van der Waals surface area contributed by atoms with Crippen LogP contribution in [0.3, 0.4) is 0 Å². The summed E-state index contributed by atoms with van der Waals surface area (Å²) in [5.41, 5.74) is 2.39. The van der Waals surface area contributed by atoms with Crippen LogP contribution < -0.4 is 0 Å². The van der Waals surface area contributed by atoms with Crippen molar-refractivity contribution in [3.8, 4) is 17.1 Å². The van der Waals surface area contributed by atoms with Crippen molar-refractivity contribution in [1.82, 2.24) is 25.5 Å². The molecule has 1 aliphatic heterocycles. The minimum absolute atomic E-state index is 0.0148. The van der Waals surface area contributed by atoms with Crippen LogP contribution in [-0.2, 0) is 6.42 Å². The van der Waals surface area contributed by atoms with Gasteiger partial charge in [0, 0.05) is 18.2 Å². The van der Waals surface area contributed by atoms with Gasteiger partial charge in [-0.05, 0) is 61.1 Å². The molecule has 144 valence electrons. The van der Waals surface area contributed by atoms with E-state index in [4.69, 9.17) is 0 Å². The first-order valence-electron chi connectivity index (χ1n) is 9.64. The Balaban J connectivity index is 1.54. The standard InChI is InChI=1S/C21H23N5O2/c27-17-8-5-6-15(14-17)11-12-16-7-3-4-13-26(16)21(28)19-10-2-1-9-18(19)20-22-24-25-23-20/h1-2,5-6,8-10,14,16,27H,3-4,7,11-13H2,(H,22,23,24,25)/t16-/m0/s1. The van der Waals surface area contributed by atoms with Gasteiger partial charge in [0.05, 0.1) is 5.56 Å². The summed E-state index contributed by atoms with van der Waals surface area (Å²) in [5.74, 6) is 0.724. The van der Waals surface area contributed by atoms with Crippen LogP contribution in [0.15, 0.2) is 48.5 Å². The van der Waals surface area contributed by atoms with Crippen molar-refractivity contribution in [2.45, 2.75) is 38.1 Å². The Morgan fingerprint density at radius 3 is 2.89 bits per heavy atom. The Labute approximate surface area is 163 Å². The number of aromatic hydroxyl groups is 1. The van der Waals surface area contributed by atoms with Gasteiger partial charge >= 0.3 is 0 Å². The maximum Gasteiger partial charge on any atom is 0.254 e. The van der Waals surface area contributed by atoms with Gasteiger partial charge in [-0.1, -0.05) is 30.3 Å². The molecule has 2 aromatic carbocycles. The zero-order valence-electron chi connectivity index (χ0n) is 15.6. The topological polar surface area (TPSA) is 95.0 Å². The molecule has 1 aromatic heterocycles. The Hall–Kier alpha value is -3.22. The highest BCUT2D eigenvalue weighted by atomic mass is 16.3. The number of carbonyl (C=O) groups excluding carboxylic acids is 1. The summed E-state index contributed by atoms with van der Waals surface area (Å²) in [4.78, 5) is 15.4. The monoisotopic (exact) mass is 377 g/mol. The van der Waals surface area contributed by atoms with Crippen molar-refractivity contribution < 1.29 is 9.90 Å². The number of aromatic amines is 1. The highest BCUT2D eigenvalue weighted by Crippen LogP contribution is 2.27. The van der Waals surface area contributed by atoms with Crippen LogP contribution in [0.5, 0.6) is 5.75 Å². The fourth-order valence-corrected chi connectivity index (χ4v) is 3.91. The number of phenols is 1. The fraction of sp³-hybridized carbons (Fsp3) is 0.333. The van der Waals surface area contributed by atoms with Gasteiger partial charge in [0.15, 0.2) is 0 Å². The first kappa shape index (κ1) is 18.2. The van der Waals surface area contributed by atoms with Crippen molar-refractivity contribution >= 4 is 5.91 Å². The normalized spacial score (nSPS) is 16.9. The molecule has 0 spiro atoms. The zero-order chi connectivity index (χ0) is 19.3. The number of hydrogen-bond acceptors (Lipinski definition) is 5. The van der Waals surface area contributed by atoms with Crippen molar-refractivity contribution in [3.63, 3.8) is 0 Å². The van der Waals surface area contributed by atoms with Crippen LogP contribution in [0.1, 0.15) is 41.6 Å². The molecule has 1 fully saturated rings. The van der Waals surface area contributed by atoms with Crippen LogP contribution >= 0.6 is 0 Å². The summed E-state index contributed by atoms with van der Waals surface area (Å²) in [7, 11) is 0. The number of nitrogens with one attached hydrogen (secondary N) is 1. The molecule has 2 N–H and O–H groups in total. The molecule has 3 aromatic rings. The molecule has 0 radical (unpaired) electrons. The SMILES string of the molecule is O=C(c1ccccc1-c1nn[nH]n1)N1CCCC[C@H]1CCc1cccc(O)c1. The molecular formula is C21H23N5O2. The molecule has 0 saturated carbocycles.